The number of hydrogen-bond donors (Lipinski definition) is 1. The SMILES string of the molecule is CNCC(C)C(C)N1CCCC1. The van der Waals surface area contributed by atoms with Crippen molar-refractivity contribution in [3.8, 4) is 0 Å². The fourth-order valence-electron chi connectivity index (χ4n) is 2.00. The molecule has 1 rings (SSSR count). The second-order valence-electron chi connectivity index (χ2n) is 4.02. The minimum atomic E-state index is 0.750. The molecular formula is C10H22N2. The molecule has 0 spiro atoms. The number of nitrogens with zero attached hydrogens (tertiary/aromatic N) is 1. The first kappa shape index (κ1) is 10.0. The zero-order chi connectivity index (χ0) is 8.97. The Labute approximate surface area is 76.3 Å². The topological polar surface area (TPSA) is 15.3 Å². The quantitative estimate of drug-likeness (QED) is 0.684. The molecule has 2 heteroatoms. The summed E-state index contributed by atoms with van der Waals surface area (Å²) >= 11 is 0. The van der Waals surface area contributed by atoms with Crippen molar-refractivity contribution in [3.05, 3.63) is 0 Å². The number of rotatable bonds is 4. The standard InChI is InChI=1S/C10H22N2/c1-9(8-11-3)10(2)12-6-4-5-7-12/h9-11H,4-8H2,1-3H3. The lowest BCUT2D eigenvalue weighted by Crippen LogP contribution is -2.38. The Hall–Kier alpha value is -0.0800. The predicted octanol–water partition coefficient (Wildman–Crippen LogP) is 1.33. The van der Waals surface area contributed by atoms with Crippen LogP contribution in [0.4, 0.5) is 0 Å². The molecule has 0 bridgehead atoms. The Morgan fingerprint density at radius 1 is 1.25 bits per heavy atom. The first-order valence-electron chi connectivity index (χ1n) is 5.14. The van der Waals surface area contributed by atoms with E-state index in [1.807, 2.05) is 7.05 Å². The Morgan fingerprint density at radius 3 is 2.33 bits per heavy atom. The molecular weight excluding hydrogens is 148 g/mol. The van der Waals surface area contributed by atoms with E-state index in [1.54, 1.807) is 0 Å². The van der Waals surface area contributed by atoms with Crippen molar-refractivity contribution >= 4 is 0 Å². The van der Waals surface area contributed by atoms with E-state index in [1.165, 1.54) is 25.9 Å². The molecule has 12 heavy (non-hydrogen) atoms. The van der Waals surface area contributed by atoms with Crippen LogP contribution in [0.15, 0.2) is 0 Å². The van der Waals surface area contributed by atoms with E-state index < -0.39 is 0 Å². The molecule has 72 valence electrons. The highest BCUT2D eigenvalue weighted by atomic mass is 15.2. The molecule has 2 atom stereocenters. The van der Waals surface area contributed by atoms with Crippen molar-refractivity contribution in [2.75, 3.05) is 26.7 Å². The van der Waals surface area contributed by atoms with Crippen molar-refractivity contribution in [1.82, 2.24) is 10.2 Å². The van der Waals surface area contributed by atoms with Crippen LogP contribution in [0.25, 0.3) is 0 Å². The largest absolute Gasteiger partial charge is 0.319 e. The molecule has 0 radical (unpaired) electrons. The first-order valence-corrected chi connectivity index (χ1v) is 5.14. The highest BCUT2D eigenvalue weighted by Crippen LogP contribution is 2.16. The maximum absolute atomic E-state index is 3.25. The van der Waals surface area contributed by atoms with Gasteiger partial charge >= 0.3 is 0 Å². The van der Waals surface area contributed by atoms with Crippen molar-refractivity contribution in [2.24, 2.45) is 5.92 Å². The van der Waals surface area contributed by atoms with Crippen LogP contribution < -0.4 is 5.32 Å². The molecule has 0 saturated carbocycles. The third-order valence-corrected chi connectivity index (χ3v) is 3.07. The fourth-order valence-corrected chi connectivity index (χ4v) is 2.00. The summed E-state index contributed by atoms with van der Waals surface area (Å²) < 4.78 is 0. The van der Waals surface area contributed by atoms with Crippen molar-refractivity contribution in [3.63, 3.8) is 0 Å². The second kappa shape index (κ2) is 4.83. The Kier molecular flexibility index (Phi) is 4.02. The Bertz CT molecular complexity index is 119. The van der Waals surface area contributed by atoms with Crippen LogP contribution in [0.2, 0.25) is 0 Å². The van der Waals surface area contributed by atoms with Gasteiger partial charge in [-0.1, -0.05) is 6.92 Å². The van der Waals surface area contributed by atoms with Gasteiger partial charge < -0.3 is 10.2 Å². The minimum absolute atomic E-state index is 0.750. The normalized spacial score (nSPS) is 24.2. The summed E-state index contributed by atoms with van der Waals surface area (Å²) in [6, 6.07) is 0.750. The summed E-state index contributed by atoms with van der Waals surface area (Å²) in [5.41, 5.74) is 0. The minimum Gasteiger partial charge on any atom is -0.319 e. The molecule has 1 N–H and O–H groups in total. The van der Waals surface area contributed by atoms with Gasteiger partial charge in [0.1, 0.15) is 0 Å². The summed E-state index contributed by atoms with van der Waals surface area (Å²) in [5, 5.41) is 3.25. The van der Waals surface area contributed by atoms with Gasteiger partial charge in [-0.3, -0.25) is 0 Å². The molecule has 0 aliphatic carbocycles. The number of hydrogen-bond acceptors (Lipinski definition) is 2. The molecule has 0 amide bonds. The summed E-state index contributed by atoms with van der Waals surface area (Å²) in [7, 11) is 2.03. The van der Waals surface area contributed by atoms with Gasteiger partial charge in [0.2, 0.25) is 0 Å². The third kappa shape index (κ3) is 2.46. The molecule has 1 aliphatic rings. The van der Waals surface area contributed by atoms with Gasteiger partial charge in [-0.15, -0.1) is 0 Å². The molecule has 1 aliphatic heterocycles. The van der Waals surface area contributed by atoms with E-state index in [0.29, 0.717) is 0 Å². The van der Waals surface area contributed by atoms with Crippen LogP contribution in [-0.2, 0) is 0 Å². The average molecular weight is 170 g/mol. The highest BCUT2D eigenvalue weighted by Gasteiger charge is 2.21. The van der Waals surface area contributed by atoms with E-state index in [2.05, 4.69) is 24.1 Å². The van der Waals surface area contributed by atoms with Gasteiger partial charge in [-0.05, 0) is 52.4 Å². The predicted molar refractivity (Wildman–Crippen MR) is 53.4 cm³/mol. The van der Waals surface area contributed by atoms with Crippen LogP contribution in [-0.4, -0.2) is 37.6 Å². The van der Waals surface area contributed by atoms with E-state index >= 15 is 0 Å². The van der Waals surface area contributed by atoms with E-state index in [9.17, 15) is 0 Å². The van der Waals surface area contributed by atoms with Crippen molar-refractivity contribution in [1.29, 1.82) is 0 Å². The van der Waals surface area contributed by atoms with Crippen LogP contribution in [0, 0.1) is 5.92 Å². The second-order valence-corrected chi connectivity index (χ2v) is 4.02. The van der Waals surface area contributed by atoms with Crippen molar-refractivity contribution < 1.29 is 0 Å². The van der Waals surface area contributed by atoms with E-state index in [4.69, 9.17) is 0 Å². The fraction of sp³-hybridized carbons (Fsp3) is 1.00. The summed E-state index contributed by atoms with van der Waals surface area (Å²) in [4.78, 5) is 2.61. The highest BCUT2D eigenvalue weighted by molar-refractivity contribution is 4.77. The smallest absolute Gasteiger partial charge is 0.0105 e. The zero-order valence-corrected chi connectivity index (χ0v) is 8.64. The molecule has 2 unspecified atom stereocenters. The molecule has 1 fully saturated rings. The van der Waals surface area contributed by atoms with Gasteiger partial charge in [0.15, 0.2) is 0 Å². The monoisotopic (exact) mass is 170 g/mol. The lowest BCUT2D eigenvalue weighted by molar-refractivity contribution is 0.197. The summed E-state index contributed by atoms with van der Waals surface area (Å²) in [6.07, 6.45) is 2.80. The van der Waals surface area contributed by atoms with Crippen LogP contribution in [0.1, 0.15) is 26.7 Å². The van der Waals surface area contributed by atoms with Gasteiger partial charge in [-0.2, -0.15) is 0 Å². The average Bonchev–Trinajstić information content (AvgIpc) is 2.55. The molecule has 1 heterocycles. The molecule has 0 aromatic rings. The first-order chi connectivity index (χ1) is 5.75. The molecule has 2 nitrogen and oxygen atoms in total. The van der Waals surface area contributed by atoms with E-state index in [0.717, 1.165) is 18.5 Å². The van der Waals surface area contributed by atoms with Crippen molar-refractivity contribution in [2.45, 2.75) is 32.7 Å². The Morgan fingerprint density at radius 2 is 1.83 bits per heavy atom. The molecule has 0 aromatic heterocycles. The molecule has 1 saturated heterocycles. The third-order valence-electron chi connectivity index (χ3n) is 3.07. The maximum atomic E-state index is 3.25. The van der Waals surface area contributed by atoms with E-state index in [-0.39, 0.29) is 0 Å². The van der Waals surface area contributed by atoms with Crippen LogP contribution in [0.3, 0.4) is 0 Å². The van der Waals surface area contributed by atoms with Gasteiger partial charge in [-0.25, -0.2) is 0 Å². The summed E-state index contributed by atoms with van der Waals surface area (Å²) in [5.74, 6) is 0.771. The van der Waals surface area contributed by atoms with Gasteiger partial charge in [0.25, 0.3) is 0 Å². The van der Waals surface area contributed by atoms with Crippen LogP contribution >= 0.6 is 0 Å². The maximum Gasteiger partial charge on any atom is 0.0105 e. The van der Waals surface area contributed by atoms with Gasteiger partial charge in [0.05, 0.1) is 0 Å². The molecule has 0 aromatic carbocycles. The number of nitrogens with one attached hydrogen (secondary N) is 1. The summed E-state index contributed by atoms with van der Waals surface area (Å²) in [6.45, 7) is 8.45. The Balaban J connectivity index is 2.29. The zero-order valence-electron chi connectivity index (χ0n) is 8.64. The lowest BCUT2D eigenvalue weighted by Gasteiger charge is -2.29. The van der Waals surface area contributed by atoms with Crippen LogP contribution in [0.5, 0.6) is 0 Å². The number of likely N-dealkylation sites (tertiary alicyclic amines) is 1. The van der Waals surface area contributed by atoms with Gasteiger partial charge in [0, 0.05) is 6.04 Å². The lowest BCUT2D eigenvalue weighted by atomic mass is 10.0.